The lowest BCUT2D eigenvalue weighted by atomic mass is 9.98. The fourth-order valence-corrected chi connectivity index (χ4v) is 1.67. The molecule has 2 aliphatic heterocycles. The lowest BCUT2D eigenvalue weighted by molar-refractivity contribution is -0.128. The molecule has 2 N–H and O–H groups in total. The van der Waals surface area contributed by atoms with Gasteiger partial charge in [-0.05, 0) is 12.8 Å². The molecule has 82 valence electrons. The van der Waals surface area contributed by atoms with Crippen LogP contribution < -0.4 is 10.6 Å². The first-order valence-corrected chi connectivity index (χ1v) is 4.95. The quantitative estimate of drug-likeness (QED) is 0.685. The van der Waals surface area contributed by atoms with Crippen LogP contribution in [0.3, 0.4) is 0 Å². The van der Waals surface area contributed by atoms with E-state index in [0.717, 1.165) is 39.1 Å². The molecule has 0 aromatic carbocycles. The smallest absolute Gasteiger partial charge is 0.223 e. The summed E-state index contributed by atoms with van der Waals surface area (Å²) in [4.78, 5) is 11.6. The fraction of sp³-hybridized carbons (Fsp3) is 0.889. The summed E-state index contributed by atoms with van der Waals surface area (Å²) in [6, 6.07) is 0.371. The second kappa shape index (κ2) is 5.53. The topological polar surface area (TPSA) is 50.4 Å². The van der Waals surface area contributed by atoms with Crippen LogP contribution in [0, 0.1) is 5.92 Å². The van der Waals surface area contributed by atoms with Gasteiger partial charge in [-0.1, -0.05) is 0 Å². The Labute approximate surface area is 90.2 Å². The molecule has 2 saturated heterocycles. The Morgan fingerprint density at radius 2 is 1.93 bits per heavy atom. The molecule has 0 aliphatic carbocycles. The summed E-state index contributed by atoms with van der Waals surface area (Å²) in [7, 11) is 0. The number of hydrogen-bond acceptors (Lipinski definition) is 3. The molecule has 0 aromatic rings. The van der Waals surface area contributed by atoms with Crippen molar-refractivity contribution in [1.29, 1.82) is 0 Å². The highest BCUT2D eigenvalue weighted by Gasteiger charge is 2.25. The molecule has 0 unspecified atom stereocenters. The summed E-state index contributed by atoms with van der Waals surface area (Å²) in [6.07, 6.45) is 1.76. The maximum absolute atomic E-state index is 11.6. The number of rotatable bonds is 2. The first-order valence-electron chi connectivity index (χ1n) is 4.95. The maximum atomic E-state index is 11.6. The van der Waals surface area contributed by atoms with Crippen molar-refractivity contribution >= 4 is 18.3 Å². The Kier molecular flexibility index (Phi) is 4.65. The number of carbonyl (C=O) groups excluding carboxylic acids is 1. The van der Waals surface area contributed by atoms with E-state index in [9.17, 15) is 4.79 Å². The Hall–Kier alpha value is -0.320. The van der Waals surface area contributed by atoms with Gasteiger partial charge in [-0.3, -0.25) is 4.79 Å². The number of ether oxygens (including phenoxy) is 1. The minimum atomic E-state index is 0. The van der Waals surface area contributed by atoms with Crippen LogP contribution in [0.15, 0.2) is 0 Å². The van der Waals surface area contributed by atoms with Gasteiger partial charge in [0.1, 0.15) is 0 Å². The van der Waals surface area contributed by atoms with Gasteiger partial charge in [0, 0.05) is 32.2 Å². The zero-order chi connectivity index (χ0) is 9.10. The van der Waals surface area contributed by atoms with Crippen LogP contribution in [0.4, 0.5) is 0 Å². The van der Waals surface area contributed by atoms with E-state index in [2.05, 4.69) is 10.6 Å². The monoisotopic (exact) mass is 220 g/mol. The third-order valence-corrected chi connectivity index (χ3v) is 2.72. The van der Waals surface area contributed by atoms with Crippen molar-refractivity contribution in [2.75, 3.05) is 26.3 Å². The van der Waals surface area contributed by atoms with E-state index in [1.54, 1.807) is 0 Å². The number of carbonyl (C=O) groups is 1. The molecule has 2 rings (SSSR count). The van der Waals surface area contributed by atoms with Crippen LogP contribution in [0.1, 0.15) is 12.8 Å². The molecular formula is C9H17ClN2O2. The van der Waals surface area contributed by atoms with Crippen LogP contribution in [0.5, 0.6) is 0 Å². The summed E-state index contributed by atoms with van der Waals surface area (Å²) in [5.74, 6) is 0.407. The van der Waals surface area contributed by atoms with Crippen molar-refractivity contribution in [3.05, 3.63) is 0 Å². The number of amides is 1. The molecule has 1 amide bonds. The molecule has 2 heterocycles. The summed E-state index contributed by atoms with van der Waals surface area (Å²) < 4.78 is 5.20. The molecule has 0 bridgehead atoms. The van der Waals surface area contributed by atoms with Gasteiger partial charge in [-0.15, -0.1) is 12.4 Å². The highest BCUT2D eigenvalue weighted by Crippen LogP contribution is 2.14. The first kappa shape index (κ1) is 11.8. The molecule has 0 radical (unpaired) electrons. The van der Waals surface area contributed by atoms with Crippen molar-refractivity contribution in [2.24, 2.45) is 5.92 Å². The van der Waals surface area contributed by atoms with Crippen LogP contribution in [0.25, 0.3) is 0 Å². The average molecular weight is 221 g/mol. The largest absolute Gasteiger partial charge is 0.381 e. The summed E-state index contributed by atoms with van der Waals surface area (Å²) in [5, 5.41) is 6.16. The minimum absolute atomic E-state index is 0. The Morgan fingerprint density at radius 1 is 1.29 bits per heavy atom. The van der Waals surface area contributed by atoms with E-state index in [0.29, 0.717) is 6.04 Å². The van der Waals surface area contributed by atoms with Crippen LogP contribution in [0.2, 0.25) is 0 Å². The van der Waals surface area contributed by atoms with Crippen molar-refractivity contribution in [2.45, 2.75) is 18.9 Å². The van der Waals surface area contributed by atoms with E-state index in [1.807, 2.05) is 0 Å². The highest BCUT2D eigenvalue weighted by molar-refractivity contribution is 5.85. The molecule has 2 aliphatic rings. The third-order valence-electron chi connectivity index (χ3n) is 2.72. The minimum Gasteiger partial charge on any atom is -0.381 e. The van der Waals surface area contributed by atoms with Crippen molar-refractivity contribution in [3.63, 3.8) is 0 Å². The average Bonchev–Trinajstić information content (AvgIpc) is 2.12. The SMILES string of the molecule is Cl.O=C(NC1CNC1)C1CCOCC1. The van der Waals surface area contributed by atoms with E-state index in [4.69, 9.17) is 4.74 Å². The van der Waals surface area contributed by atoms with Crippen molar-refractivity contribution in [1.82, 2.24) is 10.6 Å². The molecule has 5 heteroatoms. The summed E-state index contributed by atoms with van der Waals surface area (Å²) >= 11 is 0. The summed E-state index contributed by atoms with van der Waals surface area (Å²) in [5.41, 5.74) is 0. The molecule has 0 saturated carbocycles. The molecule has 14 heavy (non-hydrogen) atoms. The normalized spacial score (nSPS) is 23.4. The van der Waals surface area contributed by atoms with Gasteiger partial charge in [-0.25, -0.2) is 0 Å². The second-order valence-electron chi connectivity index (χ2n) is 3.75. The predicted octanol–water partition coefficient (Wildman–Crippen LogP) is -0.0772. The van der Waals surface area contributed by atoms with E-state index < -0.39 is 0 Å². The van der Waals surface area contributed by atoms with E-state index in [1.165, 1.54) is 0 Å². The molecular weight excluding hydrogens is 204 g/mol. The molecule has 0 spiro atoms. The fourth-order valence-electron chi connectivity index (χ4n) is 1.67. The van der Waals surface area contributed by atoms with Gasteiger partial charge in [-0.2, -0.15) is 0 Å². The molecule has 0 atom stereocenters. The number of halogens is 1. The van der Waals surface area contributed by atoms with Crippen LogP contribution in [-0.2, 0) is 9.53 Å². The maximum Gasteiger partial charge on any atom is 0.223 e. The predicted molar refractivity (Wildman–Crippen MR) is 55.6 cm³/mol. The van der Waals surface area contributed by atoms with Crippen LogP contribution >= 0.6 is 12.4 Å². The van der Waals surface area contributed by atoms with Gasteiger partial charge in [0.2, 0.25) is 5.91 Å². The van der Waals surface area contributed by atoms with Gasteiger partial charge in [0.25, 0.3) is 0 Å². The zero-order valence-electron chi connectivity index (χ0n) is 8.12. The Bertz CT molecular complexity index is 191. The standard InChI is InChI=1S/C9H16N2O2.ClH/c12-9(11-8-5-10-6-8)7-1-3-13-4-2-7;/h7-8,10H,1-6H2,(H,11,12);1H. The van der Waals surface area contributed by atoms with Gasteiger partial charge < -0.3 is 15.4 Å². The van der Waals surface area contributed by atoms with Gasteiger partial charge >= 0.3 is 0 Å². The Morgan fingerprint density at radius 3 is 2.43 bits per heavy atom. The second-order valence-corrected chi connectivity index (χ2v) is 3.75. The third kappa shape index (κ3) is 2.83. The van der Waals surface area contributed by atoms with Crippen LogP contribution in [-0.4, -0.2) is 38.3 Å². The Balaban J connectivity index is 0.000000980. The zero-order valence-corrected chi connectivity index (χ0v) is 8.94. The lowest BCUT2D eigenvalue weighted by Crippen LogP contribution is -2.58. The van der Waals surface area contributed by atoms with Gasteiger partial charge in [0.15, 0.2) is 0 Å². The highest BCUT2D eigenvalue weighted by atomic mass is 35.5. The molecule has 2 fully saturated rings. The first-order chi connectivity index (χ1) is 6.36. The molecule has 0 aromatic heterocycles. The lowest BCUT2D eigenvalue weighted by Gasteiger charge is -2.30. The van der Waals surface area contributed by atoms with E-state index in [-0.39, 0.29) is 24.2 Å². The van der Waals surface area contributed by atoms with Crippen molar-refractivity contribution in [3.8, 4) is 0 Å². The van der Waals surface area contributed by atoms with Gasteiger partial charge in [0.05, 0.1) is 6.04 Å². The van der Waals surface area contributed by atoms with Crippen molar-refractivity contribution < 1.29 is 9.53 Å². The number of hydrogen-bond donors (Lipinski definition) is 2. The molecule has 4 nitrogen and oxygen atoms in total. The van der Waals surface area contributed by atoms with E-state index >= 15 is 0 Å². The summed E-state index contributed by atoms with van der Waals surface area (Å²) in [6.45, 7) is 3.33. The number of nitrogens with one attached hydrogen (secondary N) is 2.